The van der Waals surface area contributed by atoms with E-state index in [-0.39, 0.29) is 58.7 Å². The molecule has 3 saturated carbocycles. The number of nitrogens with zero attached hydrogens (tertiary/aromatic N) is 4. The minimum absolute atomic E-state index is 0. The van der Waals surface area contributed by atoms with E-state index in [9.17, 15) is 18.7 Å². The number of hydrogen-bond acceptors (Lipinski definition) is 7. The van der Waals surface area contributed by atoms with Crippen molar-refractivity contribution in [3.8, 4) is 11.5 Å². The Bertz CT molecular complexity index is 1100. The van der Waals surface area contributed by atoms with E-state index in [1.807, 2.05) is 0 Å². The average Bonchev–Trinajstić information content (AvgIpc) is 3.13. The Morgan fingerprint density at radius 2 is 1.87 bits per heavy atom. The molecule has 3 aliphatic rings. The molecule has 0 radical (unpaired) electrons. The van der Waals surface area contributed by atoms with Gasteiger partial charge in [0, 0.05) is 17.9 Å². The Kier molecular flexibility index (Phi) is 5.73. The molecule has 6 rings (SSSR count). The molecule has 0 saturated heterocycles. The molecule has 3 aromatic rings. The Labute approximate surface area is 192 Å². The Morgan fingerprint density at radius 1 is 1.13 bits per heavy atom. The SMILES string of the molecule is O=C([O-])[C@@H]1C2CCC(CC2)[C@H]1Nc1nc(-c2[nH]nc3ncc(F)cc23)ncc1F.[Na+]. The van der Waals surface area contributed by atoms with E-state index < -0.39 is 29.6 Å². The maximum atomic E-state index is 14.5. The van der Waals surface area contributed by atoms with Gasteiger partial charge in [0.1, 0.15) is 11.5 Å². The van der Waals surface area contributed by atoms with Gasteiger partial charge in [0.25, 0.3) is 0 Å². The largest absolute Gasteiger partial charge is 1.00 e. The van der Waals surface area contributed by atoms with Crippen LogP contribution < -0.4 is 40.0 Å². The molecule has 0 unspecified atom stereocenters. The van der Waals surface area contributed by atoms with Gasteiger partial charge in [-0.1, -0.05) is 0 Å². The van der Waals surface area contributed by atoms with Crippen molar-refractivity contribution in [2.45, 2.75) is 31.7 Å². The monoisotopic (exact) mass is 422 g/mol. The second kappa shape index (κ2) is 8.16. The Hall–Kier alpha value is -2.17. The van der Waals surface area contributed by atoms with Crippen LogP contribution in [-0.2, 0) is 4.79 Å². The summed E-state index contributed by atoms with van der Waals surface area (Å²) in [6, 6.07) is 0.787. The standard InChI is InChI=1S/C19H18F2N6O2.Na/c20-10-5-11-15(26-27-16(11)22-6-10)18-23-7-12(21)17(25-18)24-14-9-3-1-8(2-4-9)13(14)19(28)29;/h5-9,13-14H,1-4H2,(H,28,29)(H,22,26,27)(H,23,24,25);/q;+1/p-1/t8?,9?,13-,14-;/m1./s1. The number of pyridine rings is 1. The summed E-state index contributed by atoms with van der Waals surface area (Å²) in [5, 5.41) is 21.8. The van der Waals surface area contributed by atoms with Crippen LogP contribution >= 0.6 is 0 Å². The topological polar surface area (TPSA) is 120 Å². The number of aromatic amines is 1. The van der Waals surface area contributed by atoms with E-state index in [4.69, 9.17) is 0 Å². The van der Waals surface area contributed by atoms with Gasteiger partial charge >= 0.3 is 29.6 Å². The van der Waals surface area contributed by atoms with Crippen molar-refractivity contribution >= 4 is 22.8 Å². The van der Waals surface area contributed by atoms with Crippen LogP contribution in [0.1, 0.15) is 25.7 Å². The van der Waals surface area contributed by atoms with Crippen molar-refractivity contribution in [3.05, 3.63) is 30.1 Å². The molecule has 30 heavy (non-hydrogen) atoms. The first-order chi connectivity index (χ1) is 14.0. The average molecular weight is 422 g/mol. The number of rotatable bonds is 4. The normalized spacial score (nSPS) is 25.1. The summed E-state index contributed by atoms with van der Waals surface area (Å²) in [5.74, 6) is -2.89. The summed E-state index contributed by atoms with van der Waals surface area (Å²) in [7, 11) is 0. The van der Waals surface area contributed by atoms with E-state index in [1.165, 1.54) is 6.07 Å². The molecule has 0 aromatic carbocycles. The second-order valence-electron chi connectivity index (χ2n) is 7.70. The third-order valence-corrected chi connectivity index (χ3v) is 6.14. The summed E-state index contributed by atoms with van der Waals surface area (Å²) in [6.45, 7) is 0. The van der Waals surface area contributed by atoms with Crippen LogP contribution in [0.4, 0.5) is 14.6 Å². The van der Waals surface area contributed by atoms with Gasteiger partial charge in [-0.15, -0.1) is 0 Å². The molecule has 2 N–H and O–H groups in total. The van der Waals surface area contributed by atoms with Gasteiger partial charge in [0.05, 0.1) is 17.8 Å². The number of halogens is 2. The van der Waals surface area contributed by atoms with Crippen molar-refractivity contribution in [1.82, 2.24) is 25.1 Å². The molecular formula is C19H17F2N6NaO2. The number of nitrogens with one attached hydrogen (secondary N) is 2. The summed E-state index contributed by atoms with van der Waals surface area (Å²) in [5.41, 5.74) is 0.585. The number of H-pyrrole nitrogens is 1. The van der Waals surface area contributed by atoms with Crippen molar-refractivity contribution < 1.29 is 48.2 Å². The van der Waals surface area contributed by atoms with Crippen molar-refractivity contribution in [3.63, 3.8) is 0 Å². The first kappa shape index (κ1) is 21.1. The maximum absolute atomic E-state index is 14.5. The van der Waals surface area contributed by atoms with E-state index in [2.05, 4.69) is 30.5 Å². The number of aromatic nitrogens is 5. The van der Waals surface area contributed by atoms with E-state index in [0.29, 0.717) is 11.1 Å². The summed E-state index contributed by atoms with van der Waals surface area (Å²) in [6.07, 6.45) is 5.52. The number of anilines is 1. The molecular weight excluding hydrogens is 405 g/mol. The van der Waals surface area contributed by atoms with Crippen LogP contribution in [0.25, 0.3) is 22.6 Å². The van der Waals surface area contributed by atoms with Crippen LogP contribution in [0, 0.1) is 29.4 Å². The van der Waals surface area contributed by atoms with Crippen LogP contribution in [0.15, 0.2) is 18.5 Å². The molecule has 0 aliphatic heterocycles. The molecule has 8 nitrogen and oxygen atoms in total. The smallest absolute Gasteiger partial charge is 0.550 e. The molecule has 2 bridgehead atoms. The van der Waals surface area contributed by atoms with Crippen LogP contribution in [-0.4, -0.2) is 37.2 Å². The summed E-state index contributed by atoms with van der Waals surface area (Å²) >= 11 is 0. The summed E-state index contributed by atoms with van der Waals surface area (Å²) < 4.78 is 28.1. The summed E-state index contributed by atoms with van der Waals surface area (Å²) in [4.78, 5) is 23.8. The van der Waals surface area contributed by atoms with Gasteiger partial charge in [-0.3, -0.25) is 5.10 Å². The predicted octanol–water partition coefficient (Wildman–Crippen LogP) is -1.34. The number of carboxylic acids is 1. The molecule has 0 amide bonds. The van der Waals surface area contributed by atoms with E-state index in [0.717, 1.165) is 38.1 Å². The number of fused-ring (bicyclic) bond motifs is 4. The zero-order valence-electron chi connectivity index (χ0n) is 16.2. The minimum atomic E-state index is -1.12. The quantitative estimate of drug-likeness (QED) is 0.500. The van der Waals surface area contributed by atoms with Crippen molar-refractivity contribution in [1.29, 1.82) is 0 Å². The third kappa shape index (κ3) is 3.57. The number of carbonyl (C=O) groups is 1. The number of carbonyl (C=O) groups excluding carboxylic acids is 1. The maximum Gasteiger partial charge on any atom is 1.00 e. The van der Waals surface area contributed by atoms with Crippen LogP contribution in [0.3, 0.4) is 0 Å². The zero-order valence-corrected chi connectivity index (χ0v) is 18.2. The van der Waals surface area contributed by atoms with Gasteiger partial charge in [-0.2, -0.15) is 5.10 Å². The Morgan fingerprint density at radius 3 is 2.60 bits per heavy atom. The Balaban J connectivity index is 0.00000218. The van der Waals surface area contributed by atoms with Gasteiger partial charge in [-0.05, 0) is 43.6 Å². The van der Waals surface area contributed by atoms with Crippen molar-refractivity contribution in [2.24, 2.45) is 17.8 Å². The molecule has 3 heterocycles. The molecule has 3 aromatic heterocycles. The number of hydrogen-bond donors (Lipinski definition) is 2. The first-order valence-corrected chi connectivity index (χ1v) is 9.51. The molecule has 150 valence electrons. The fourth-order valence-electron chi connectivity index (χ4n) is 4.79. The van der Waals surface area contributed by atoms with Crippen molar-refractivity contribution in [2.75, 3.05) is 5.32 Å². The molecule has 3 fully saturated rings. The fourth-order valence-corrected chi connectivity index (χ4v) is 4.79. The van der Waals surface area contributed by atoms with Gasteiger partial charge in [0.15, 0.2) is 23.1 Å². The van der Waals surface area contributed by atoms with E-state index in [1.54, 1.807) is 0 Å². The number of carboxylic acid groups (broad SMARTS) is 1. The van der Waals surface area contributed by atoms with Gasteiger partial charge in [-0.25, -0.2) is 23.7 Å². The predicted molar refractivity (Wildman–Crippen MR) is 96.2 cm³/mol. The van der Waals surface area contributed by atoms with E-state index >= 15 is 0 Å². The fraction of sp³-hybridized carbons (Fsp3) is 0.421. The molecule has 2 atom stereocenters. The van der Waals surface area contributed by atoms with Crippen LogP contribution in [0.2, 0.25) is 0 Å². The minimum Gasteiger partial charge on any atom is -0.550 e. The zero-order chi connectivity index (χ0) is 20.1. The second-order valence-corrected chi connectivity index (χ2v) is 7.70. The van der Waals surface area contributed by atoms with Crippen LogP contribution in [0.5, 0.6) is 0 Å². The molecule has 3 aliphatic carbocycles. The third-order valence-electron chi connectivity index (χ3n) is 6.14. The van der Waals surface area contributed by atoms with Gasteiger partial charge < -0.3 is 15.2 Å². The first-order valence-electron chi connectivity index (χ1n) is 9.51. The van der Waals surface area contributed by atoms with Gasteiger partial charge in [0.2, 0.25) is 0 Å². The number of aliphatic carboxylic acids is 1. The molecule has 0 spiro atoms. The molecule has 11 heteroatoms.